The number of methoxy groups -OCH3 is 2. The predicted molar refractivity (Wildman–Crippen MR) is 92.7 cm³/mol. The number of ether oxygens (including phenoxy) is 2. The molecule has 0 bridgehead atoms. The number of thiophene rings is 1. The molecule has 0 aliphatic carbocycles. The molecule has 0 atom stereocenters. The van der Waals surface area contributed by atoms with E-state index in [1.54, 1.807) is 25.6 Å². The Morgan fingerprint density at radius 2 is 1.73 bits per heavy atom. The highest BCUT2D eigenvalue weighted by Crippen LogP contribution is 2.43. The summed E-state index contributed by atoms with van der Waals surface area (Å²) in [5.74, 6) is 1.34. The summed E-state index contributed by atoms with van der Waals surface area (Å²) in [7, 11) is 3.25. The van der Waals surface area contributed by atoms with Crippen molar-refractivity contribution in [2.75, 3.05) is 14.2 Å². The molecule has 0 aliphatic rings. The molecule has 2 aromatic carbocycles. The van der Waals surface area contributed by atoms with Gasteiger partial charge in [0.15, 0.2) is 11.5 Å². The number of aromatic nitrogens is 1. The van der Waals surface area contributed by atoms with Crippen LogP contribution < -0.4 is 9.47 Å². The average Bonchev–Trinajstić information content (AvgIpc) is 2.94. The topological polar surface area (TPSA) is 31.4 Å². The summed E-state index contributed by atoms with van der Waals surface area (Å²) < 4.78 is 13.0. The van der Waals surface area contributed by atoms with Gasteiger partial charge in [-0.15, -0.1) is 11.3 Å². The van der Waals surface area contributed by atoms with Gasteiger partial charge in [0.25, 0.3) is 0 Å². The zero-order chi connectivity index (χ0) is 15.3. The largest absolute Gasteiger partial charge is 0.493 e. The second-order valence-electron chi connectivity index (χ2n) is 4.93. The van der Waals surface area contributed by atoms with Crippen LogP contribution in [0.5, 0.6) is 11.5 Å². The molecule has 0 aliphatic heterocycles. The van der Waals surface area contributed by atoms with Gasteiger partial charge in [0.05, 0.1) is 24.4 Å². The van der Waals surface area contributed by atoms with Crippen LogP contribution >= 0.6 is 22.9 Å². The first kappa shape index (κ1) is 13.6. The van der Waals surface area contributed by atoms with Crippen molar-refractivity contribution in [1.29, 1.82) is 0 Å². The van der Waals surface area contributed by atoms with Crippen LogP contribution in [0.15, 0.2) is 36.4 Å². The second-order valence-corrected chi connectivity index (χ2v) is 6.34. The summed E-state index contributed by atoms with van der Waals surface area (Å²) in [4.78, 5) is 4.52. The molecule has 0 amide bonds. The Morgan fingerprint density at radius 3 is 2.50 bits per heavy atom. The SMILES string of the molecule is COc1cc2nc(Cl)c3sc4ccccc4c3c2cc1OC. The minimum absolute atomic E-state index is 0.524. The fraction of sp³-hybridized carbons (Fsp3) is 0.118. The number of pyridine rings is 1. The summed E-state index contributed by atoms with van der Waals surface area (Å²) >= 11 is 8.06. The van der Waals surface area contributed by atoms with Gasteiger partial charge in [-0.1, -0.05) is 29.8 Å². The van der Waals surface area contributed by atoms with E-state index in [9.17, 15) is 0 Å². The van der Waals surface area contributed by atoms with Crippen molar-refractivity contribution < 1.29 is 9.47 Å². The molecule has 0 fully saturated rings. The molecule has 110 valence electrons. The highest BCUT2D eigenvalue weighted by atomic mass is 35.5. The van der Waals surface area contributed by atoms with Crippen LogP contribution in [0.1, 0.15) is 0 Å². The van der Waals surface area contributed by atoms with E-state index in [0.29, 0.717) is 16.7 Å². The third-order valence-electron chi connectivity index (χ3n) is 3.77. The Morgan fingerprint density at radius 1 is 1.00 bits per heavy atom. The molecule has 22 heavy (non-hydrogen) atoms. The third kappa shape index (κ3) is 1.84. The Labute approximate surface area is 136 Å². The first-order valence-corrected chi connectivity index (χ1v) is 7.95. The molecule has 0 saturated carbocycles. The molecule has 0 N–H and O–H groups in total. The lowest BCUT2D eigenvalue weighted by Crippen LogP contribution is -1.92. The average molecular weight is 330 g/mol. The zero-order valence-corrected chi connectivity index (χ0v) is 13.6. The Kier molecular flexibility index (Phi) is 3.10. The number of hydrogen-bond acceptors (Lipinski definition) is 4. The molecular formula is C17H12ClNO2S. The summed E-state index contributed by atoms with van der Waals surface area (Å²) in [6.45, 7) is 0. The lowest BCUT2D eigenvalue weighted by Gasteiger charge is -2.10. The lowest BCUT2D eigenvalue weighted by molar-refractivity contribution is 0.356. The first-order valence-electron chi connectivity index (χ1n) is 6.75. The van der Waals surface area contributed by atoms with E-state index in [-0.39, 0.29) is 0 Å². The van der Waals surface area contributed by atoms with Crippen LogP contribution in [0.3, 0.4) is 0 Å². The van der Waals surface area contributed by atoms with E-state index in [2.05, 4.69) is 17.1 Å². The van der Waals surface area contributed by atoms with Gasteiger partial charge in [-0.25, -0.2) is 4.98 Å². The van der Waals surface area contributed by atoms with Crippen LogP contribution in [0.25, 0.3) is 31.1 Å². The second kappa shape index (κ2) is 5.00. The normalized spacial score (nSPS) is 11.4. The molecule has 0 radical (unpaired) electrons. The summed E-state index contributed by atoms with van der Waals surface area (Å²) in [6, 6.07) is 12.1. The molecule has 2 heterocycles. The van der Waals surface area contributed by atoms with Gasteiger partial charge < -0.3 is 9.47 Å². The quantitative estimate of drug-likeness (QED) is 0.469. The molecule has 2 aromatic heterocycles. The number of hydrogen-bond donors (Lipinski definition) is 0. The molecule has 5 heteroatoms. The number of nitrogens with zero attached hydrogens (tertiary/aromatic N) is 1. The number of rotatable bonds is 2. The van der Waals surface area contributed by atoms with Crippen LogP contribution in [0.2, 0.25) is 5.15 Å². The Hall–Kier alpha value is -2.04. The third-order valence-corrected chi connectivity index (χ3v) is 5.34. The number of benzene rings is 2. The van der Waals surface area contributed by atoms with Crippen molar-refractivity contribution in [2.24, 2.45) is 0 Å². The lowest BCUT2D eigenvalue weighted by atomic mass is 10.1. The fourth-order valence-electron chi connectivity index (χ4n) is 2.78. The van der Waals surface area contributed by atoms with Gasteiger partial charge in [0.2, 0.25) is 0 Å². The predicted octanol–water partition coefficient (Wildman–Crippen LogP) is 5.27. The summed E-state index contributed by atoms with van der Waals surface area (Å²) in [5, 5.41) is 3.85. The van der Waals surface area contributed by atoms with Crippen molar-refractivity contribution in [3.63, 3.8) is 0 Å². The molecule has 4 aromatic rings. The molecular weight excluding hydrogens is 318 g/mol. The van der Waals surface area contributed by atoms with E-state index < -0.39 is 0 Å². The maximum Gasteiger partial charge on any atom is 0.162 e. The van der Waals surface area contributed by atoms with Gasteiger partial charge in [-0.2, -0.15) is 0 Å². The maximum atomic E-state index is 6.40. The molecule has 0 saturated heterocycles. The summed E-state index contributed by atoms with van der Waals surface area (Å²) in [5.41, 5.74) is 0.804. The highest BCUT2D eigenvalue weighted by Gasteiger charge is 2.16. The van der Waals surface area contributed by atoms with Crippen LogP contribution in [-0.4, -0.2) is 19.2 Å². The van der Waals surface area contributed by atoms with Gasteiger partial charge in [-0.05, 0) is 12.1 Å². The highest BCUT2D eigenvalue weighted by molar-refractivity contribution is 7.26. The van der Waals surface area contributed by atoms with E-state index in [1.165, 1.54) is 10.1 Å². The molecule has 4 rings (SSSR count). The van der Waals surface area contributed by atoms with E-state index in [1.807, 2.05) is 24.3 Å². The maximum absolute atomic E-state index is 6.40. The monoisotopic (exact) mass is 329 g/mol. The van der Waals surface area contributed by atoms with Crippen LogP contribution in [-0.2, 0) is 0 Å². The van der Waals surface area contributed by atoms with Crippen molar-refractivity contribution in [3.05, 3.63) is 41.6 Å². The van der Waals surface area contributed by atoms with E-state index in [0.717, 1.165) is 21.0 Å². The van der Waals surface area contributed by atoms with Gasteiger partial charge >= 0.3 is 0 Å². The van der Waals surface area contributed by atoms with E-state index in [4.69, 9.17) is 21.1 Å². The Bertz CT molecular complexity index is 1030. The van der Waals surface area contributed by atoms with E-state index >= 15 is 0 Å². The molecule has 3 nitrogen and oxygen atoms in total. The number of halogens is 1. The van der Waals surface area contributed by atoms with Crippen LogP contribution in [0, 0.1) is 0 Å². The molecule has 0 spiro atoms. The minimum Gasteiger partial charge on any atom is -0.493 e. The zero-order valence-electron chi connectivity index (χ0n) is 12.0. The van der Waals surface area contributed by atoms with Crippen LogP contribution in [0.4, 0.5) is 0 Å². The molecule has 0 unspecified atom stereocenters. The van der Waals surface area contributed by atoms with Crippen molar-refractivity contribution in [1.82, 2.24) is 4.98 Å². The fourth-order valence-corrected chi connectivity index (χ4v) is 4.18. The smallest absolute Gasteiger partial charge is 0.162 e. The van der Waals surface area contributed by atoms with Gasteiger partial charge in [-0.3, -0.25) is 0 Å². The van der Waals surface area contributed by atoms with Gasteiger partial charge in [0.1, 0.15) is 5.15 Å². The first-order chi connectivity index (χ1) is 10.7. The van der Waals surface area contributed by atoms with Crippen molar-refractivity contribution >= 4 is 54.0 Å². The van der Waals surface area contributed by atoms with Gasteiger partial charge in [0, 0.05) is 26.9 Å². The Balaban J connectivity index is 2.25. The summed E-state index contributed by atoms with van der Waals surface area (Å²) in [6.07, 6.45) is 0. The van der Waals surface area contributed by atoms with Crippen molar-refractivity contribution in [2.45, 2.75) is 0 Å². The number of fused-ring (bicyclic) bond motifs is 5. The minimum atomic E-state index is 0.524. The standard InChI is InChI=1S/C17H12ClNO2S/c1-20-12-7-10-11(8-13(12)21-2)19-17(18)16-15(10)9-5-3-4-6-14(9)22-16/h3-8H,1-2H3. The van der Waals surface area contributed by atoms with Crippen molar-refractivity contribution in [3.8, 4) is 11.5 Å².